The molecule has 2 fully saturated rings. The van der Waals surface area contributed by atoms with Crippen LogP contribution in [-0.4, -0.2) is 19.2 Å². The van der Waals surface area contributed by atoms with Crippen LogP contribution in [0.25, 0.3) is 0 Å². The summed E-state index contributed by atoms with van der Waals surface area (Å²) in [6, 6.07) is 10.2. The van der Waals surface area contributed by atoms with E-state index in [1.165, 1.54) is 56.9 Å². The third-order valence-electron chi connectivity index (χ3n) is 5.05. The summed E-state index contributed by atoms with van der Waals surface area (Å²) >= 11 is 0. The molecule has 3 rings (SSSR count). The van der Waals surface area contributed by atoms with Gasteiger partial charge < -0.3 is 10.1 Å². The average Bonchev–Trinajstić information content (AvgIpc) is 2.71. The van der Waals surface area contributed by atoms with Crippen LogP contribution in [0.4, 0.5) is 0 Å². The van der Waals surface area contributed by atoms with Crippen molar-refractivity contribution in [1.82, 2.24) is 5.32 Å². The lowest BCUT2D eigenvalue weighted by Gasteiger charge is -2.38. The second-order valence-corrected chi connectivity index (χ2v) is 6.49. The zero-order valence-electron chi connectivity index (χ0n) is 12.6. The Morgan fingerprint density at radius 3 is 2.15 bits per heavy atom. The molecule has 2 saturated carbocycles. The van der Waals surface area contributed by atoms with Crippen LogP contribution in [0.5, 0.6) is 5.75 Å². The van der Waals surface area contributed by atoms with Crippen molar-refractivity contribution in [3.63, 3.8) is 0 Å². The van der Waals surface area contributed by atoms with E-state index in [4.69, 9.17) is 4.74 Å². The van der Waals surface area contributed by atoms with Crippen molar-refractivity contribution in [3.8, 4) is 5.75 Å². The molecule has 0 amide bonds. The van der Waals surface area contributed by atoms with Crippen LogP contribution < -0.4 is 10.1 Å². The first-order valence-electron chi connectivity index (χ1n) is 8.25. The quantitative estimate of drug-likeness (QED) is 0.828. The summed E-state index contributed by atoms with van der Waals surface area (Å²) in [5.41, 5.74) is 1.48. The van der Waals surface area contributed by atoms with Crippen LogP contribution in [-0.2, 0) is 0 Å². The number of rotatable bonds is 4. The molecule has 2 nitrogen and oxygen atoms in total. The fourth-order valence-electron chi connectivity index (χ4n) is 3.68. The number of ether oxygens (including phenoxy) is 1. The molecule has 0 unspecified atom stereocenters. The van der Waals surface area contributed by atoms with Gasteiger partial charge in [0.1, 0.15) is 5.75 Å². The molecule has 0 spiro atoms. The lowest BCUT2D eigenvalue weighted by molar-refractivity contribution is 0.254. The maximum atomic E-state index is 5.22. The zero-order valence-corrected chi connectivity index (χ0v) is 12.6. The summed E-state index contributed by atoms with van der Waals surface area (Å²) in [6.07, 6.45) is 11.1. The second-order valence-electron chi connectivity index (χ2n) is 6.49. The Balaban J connectivity index is 1.45. The summed E-state index contributed by atoms with van der Waals surface area (Å²) in [7, 11) is 1.73. The molecule has 0 atom stereocenters. The number of hydrogen-bond acceptors (Lipinski definition) is 2. The van der Waals surface area contributed by atoms with Gasteiger partial charge in [-0.25, -0.2) is 0 Å². The molecule has 20 heavy (non-hydrogen) atoms. The first kappa shape index (κ1) is 13.9. The van der Waals surface area contributed by atoms with Crippen LogP contribution in [0.1, 0.15) is 62.8 Å². The highest BCUT2D eigenvalue weighted by atomic mass is 16.5. The number of benzene rings is 1. The van der Waals surface area contributed by atoms with Crippen LogP contribution in [0.15, 0.2) is 24.3 Å². The van der Waals surface area contributed by atoms with E-state index in [1.807, 2.05) is 0 Å². The van der Waals surface area contributed by atoms with Gasteiger partial charge in [0.2, 0.25) is 0 Å². The van der Waals surface area contributed by atoms with Gasteiger partial charge in [0, 0.05) is 12.1 Å². The minimum absolute atomic E-state index is 0.754. The maximum absolute atomic E-state index is 5.22. The largest absolute Gasteiger partial charge is 0.497 e. The van der Waals surface area contributed by atoms with Crippen LogP contribution in [0, 0.1) is 0 Å². The van der Waals surface area contributed by atoms with E-state index in [9.17, 15) is 0 Å². The molecule has 0 radical (unpaired) electrons. The van der Waals surface area contributed by atoms with E-state index in [0.29, 0.717) is 0 Å². The fourth-order valence-corrected chi connectivity index (χ4v) is 3.68. The van der Waals surface area contributed by atoms with Gasteiger partial charge in [-0.3, -0.25) is 0 Å². The van der Waals surface area contributed by atoms with Crippen molar-refractivity contribution in [2.75, 3.05) is 7.11 Å². The first-order valence-corrected chi connectivity index (χ1v) is 8.25. The van der Waals surface area contributed by atoms with Crippen molar-refractivity contribution in [3.05, 3.63) is 29.8 Å². The Bertz CT molecular complexity index is 400. The monoisotopic (exact) mass is 273 g/mol. The van der Waals surface area contributed by atoms with E-state index in [2.05, 4.69) is 29.6 Å². The first-order chi connectivity index (χ1) is 9.85. The molecule has 110 valence electrons. The number of hydrogen-bond donors (Lipinski definition) is 1. The minimum Gasteiger partial charge on any atom is -0.497 e. The van der Waals surface area contributed by atoms with Gasteiger partial charge in [-0.1, -0.05) is 37.8 Å². The van der Waals surface area contributed by atoms with Gasteiger partial charge >= 0.3 is 0 Å². The zero-order chi connectivity index (χ0) is 13.8. The van der Waals surface area contributed by atoms with Gasteiger partial charge in [0.15, 0.2) is 0 Å². The van der Waals surface area contributed by atoms with Gasteiger partial charge in [-0.15, -0.1) is 0 Å². The summed E-state index contributed by atoms with van der Waals surface area (Å²) in [4.78, 5) is 0. The highest BCUT2D eigenvalue weighted by Crippen LogP contribution is 2.38. The van der Waals surface area contributed by atoms with E-state index in [0.717, 1.165) is 23.8 Å². The Morgan fingerprint density at radius 2 is 1.55 bits per heavy atom. The molecule has 0 saturated heterocycles. The molecule has 1 N–H and O–H groups in total. The van der Waals surface area contributed by atoms with E-state index < -0.39 is 0 Å². The Labute approximate surface area is 122 Å². The molecule has 0 aromatic heterocycles. The highest BCUT2D eigenvalue weighted by Gasteiger charge is 2.31. The molecule has 0 heterocycles. The molecule has 0 bridgehead atoms. The van der Waals surface area contributed by atoms with Gasteiger partial charge in [0.25, 0.3) is 0 Å². The van der Waals surface area contributed by atoms with Crippen LogP contribution >= 0.6 is 0 Å². The molecular weight excluding hydrogens is 246 g/mol. The Morgan fingerprint density at radius 1 is 0.900 bits per heavy atom. The molecular formula is C18H27NO. The second kappa shape index (κ2) is 6.62. The van der Waals surface area contributed by atoms with Crippen molar-refractivity contribution in [2.24, 2.45) is 0 Å². The van der Waals surface area contributed by atoms with E-state index in [1.54, 1.807) is 7.11 Å². The van der Waals surface area contributed by atoms with Gasteiger partial charge in [-0.05, 0) is 49.3 Å². The summed E-state index contributed by atoms with van der Waals surface area (Å²) in [5.74, 6) is 1.71. The predicted octanol–water partition coefficient (Wildman–Crippen LogP) is 4.25. The Kier molecular flexibility index (Phi) is 4.62. The normalized spacial score (nSPS) is 27.6. The van der Waals surface area contributed by atoms with Crippen molar-refractivity contribution in [1.29, 1.82) is 0 Å². The molecule has 0 aliphatic heterocycles. The molecule has 1 aromatic carbocycles. The lowest BCUT2D eigenvalue weighted by Crippen LogP contribution is -2.45. The maximum Gasteiger partial charge on any atom is 0.118 e. The van der Waals surface area contributed by atoms with Gasteiger partial charge in [0.05, 0.1) is 7.11 Å². The van der Waals surface area contributed by atoms with Crippen LogP contribution in [0.2, 0.25) is 0 Å². The standard InChI is InChI=1S/C18H27NO/c1-20-18-10-8-14(9-11-18)15-12-17(13-15)19-16-6-4-2-3-5-7-16/h8-11,15-17,19H,2-7,12-13H2,1H3. The van der Waals surface area contributed by atoms with Crippen molar-refractivity contribution >= 4 is 0 Å². The molecule has 2 heteroatoms. The van der Waals surface area contributed by atoms with E-state index >= 15 is 0 Å². The lowest BCUT2D eigenvalue weighted by atomic mass is 9.75. The number of methoxy groups -OCH3 is 1. The number of nitrogens with one attached hydrogen (secondary N) is 1. The van der Waals surface area contributed by atoms with Crippen LogP contribution in [0.3, 0.4) is 0 Å². The highest BCUT2D eigenvalue weighted by molar-refractivity contribution is 5.30. The summed E-state index contributed by atoms with van der Waals surface area (Å²) < 4.78 is 5.22. The predicted molar refractivity (Wildman–Crippen MR) is 83.4 cm³/mol. The average molecular weight is 273 g/mol. The summed E-state index contributed by atoms with van der Waals surface area (Å²) in [5, 5.41) is 3.89. The summed E-state index contributed by atoms with van der Waals surface area (Å²) in [6.45, 7) is 0. The smallest absolute Gasteiger partial charge is 0.118 e. The fraction of sp³-hybridized carbons (Fsp3) is 0.667. The molecule has 1 aromatic rings. The third kappa shape index (κ3) is 3.35. The van der Waals surface area contributed by atoms with Gasteiger partial charge in [-0.2, -0.15) is 0 Å². The third-order valence-corrected chi connectivity index (χ3v) is 5.05. The van der Waals surface area contributed by atoms with Crippen molar-refractivity contribution < 1.29 is 4.74 Å². The minimum atomic E-state index is 0.754. The Hall–Kier alpha value is -1.02. The topological polar surface area (TPSA) is 21.3 Å². The SMILES string of the molecule is COc1ccc(C2CC(NC3CCCCCC3)C2)cc1. The molecule has 2 aliphatic rings. The van der Waals surface area contributed by atoms with Crippen molar-refractivity contribution in [2.45, 2.75) is 69.4 Å². The van der Waals surface area contributed by atoms with E-state index in [-0.39, 0.29) is 0 Å². The molecule has 2 aliphatic carbocycles.